The van der Waals surface area contributed by atoms with Crippen molar-refractivity contribution >= 4 is 49.1 Å². The lowest BCUT2D eigenvalue weighted by Gasteiger charge is -2.15. The van der Waals surface area contributed by atoms with Crippen LogP contribution in [-0.4, -0.2) is 61.2 Å². The monoisotopic (exact) mass is 473 g/mol. The Bertz CT molecular complexity index is 1290. The lowest BCUT2D eigenvalue weighted by Crippen LogP contribution is -2.27. The minimum atomic E-state index is -3.27. The van der Waals surface area contributed by atoms with Gasteiger partial charge in [-0.3, -0.25) is 4.79 Å². The van der Waals surface area contributed by atoms with Crippen molar-refractivity contribution in [3.8, 4) is 11.5 Å². The third kappa shape index (κ3) is 4.58. The Morgan fingerprint density at radius 1 is 1.19 bits per heavy atom. The molecule has 0 spiro atoms. The number of aliphatic imine (C=N–C) groups is 1. The normalized spacial score (nSPS) is 16.7. The maximum absolute atomic E-state index is 12.4. The average molecular weight is 474 g/mol. The molecule has 0 radical (unpaired) electrons. The van der Waals surface area contributed by atoms with Crippen molar-refractivity contribution in [2.75, 3.05) is 26.6 Å². The zero-order valence-corrected chi connectivity index (χ0v) is 19.5. The Labute approximate surface area is 191 Å². The molecule has 8 nitrogen and oxygen atoms in total. The van der Waals surface area contributed by atoms with Gasteiger partial charge in [-0.25, -0.2) is 18.5 Å². The summed E-state index contributed by atoms with van der Waals surface area (Å²) in [5.74, 6) is 1.20. The van der Waals surface area contributed by atoms with Crippen LogP contribution >= 0.6 is 11.8 Å². The van der Waals surface area contributed by atoms with Gasteiger partial charge in [-0.15, -0.1) is 0 Å². The van der Waals surface area contributed by atoms with Gasteiger partial charge >= 0.3 is 0 Å². The molecule has 1 N–H and O–H groups in total. The minimum absolute atomic E-state index is 0.131. The highest BCUT2D eigenvalue weighted by atomic mass is 32.2. The third-order valence-electron chi connectivity index (χ3n) is 4.95. The highest BCUT2D eigenvalue weighted by molar-refractivity contribution is 8.00. The number of allylic oxidation sites excluding steroid dienone is 4. The van der Waals surface area contributed by atoms with Gasteiger partial charge in [0.15, 0.2) is 21.5 Å². The van der Waals surface area contributed by atoms with Crippen LogP contribution in [0.5, 0.6) is 11.5 Å². The first-order valence-electron chi connectivity index (χ1n) is 9.92. The van der Waals surface area contributed by atoms with Crippen molar-refractivity contribution in [2.24, 2.45) is 4.99 Å². The molecule has 1 amide bonds. The summed E-state index contributed by atoms with van der Waals surface area (Å²) in [6, 6.07) is 5.83. The van der Waals surface area contributed by atoms with Crippen LogP contribution in [0.4, 0.5) is 0 Å². The van der Waals surface area contributed by atoms with Crippen LogP contribution in [0.1, 0.15) is 12.5 Å². The van der Waals surface area contributed by atoms with Gasteiger partial charge in [0.05, 0.1) is 21.8 Å². The predicted molar refractivity (Wildman–Crippen MR) is 128 cm³/mol. The molecule has 10 heteroatoms. The van der Waals surface area contributed by atoms with Gasteiger partial charge in [-0.1, -0.05) is 18.7 Å². The Morgan fingerprint density at radius 2 is 1.88 bits per heavy atom. The summed E-state index contributed by atoms with van der Waals surface area (Å²) in [5, 5.41) is 1.74. The molecule has 0 saturated carbocycles. The van der Waals surface area contributed by atoms with Crippen LogP contribution in [-0.2, 0) is 21.2 Å². The Kier molecular flexibility index (Phi) is 6.38. The van der Waals surface area contributed by atoms with Crippen LogP contribution in [0.3, 0.4) is 0 Å². The zero-order valence-electron chi connectivity index (χ0n) is 17.9. The Hall–Kier alpha value is -2.66. The number of hydrogen-bond donors (Lipinski definition) is 1. The molecule has 32 heavy (non-hydrogen) atoms. The van der Waals surface area contributed by atoms with E-state index in [1.165, 1.54) is 42.3 Å². The number of carbonyl (C=O) groups excluding carboxylic acids is 1. The van der Waals surface area contributed by atoms with Crippen LogP contribution in [0.15, 0.2) is 52.5 Å². The van der Waals surface area contributed by atoms with E-state index in [1.54, 1.807) is 12.2 Å². The molecule has 2 aliphatic rings. The molecule has 168 valence electrons. The molecule has 1 atom stereocenters. The minimum Gasteiger partial charge on any atom is -0.454 e. The number of fused-ring (bicyclic) bond motifs is 2. The van der Waals surface area contributed by atoms with Crippen LogP contribution < -0.4 is 9.47 Å². The second-order valence-corrected chi connectivity index (χ2v) is 10.5. The van der Waals surface area contributed by atoms with Gasteiger partial charge in [-0.05, 0) is 48.4 Å². The van der Waals surface area contributed by atoms with Crippen molar-refractivity contribution in [3.63, 3.8) is 0 Å². The molecule has 0 fully saturated rings. The molecule has 1 aromatic carbocycles. The molecule has 1 aliphatic carbocycles. The molecule has 1 aliphatic heterocycles. The van der Waals surface area contributed by atoms with E-state index in [1.807, 2.05) is 19.1 Å². The van der Waals surface area contributed by atoms with Crippen molar-refractivity contribution in [1.82, 2.24) is 9.29 Å². The summed E-state index contributed by atoms with van der Waals surface area (Å²) in [6.45, 7) is 2.25. The van der Waals surface area contributed by atoms with Crippen molar-refractivity contribution in [3.05, 3.63) is 48.1 Å². The topological polar surface area (TPSA) is 101 Å². The lowest BCUT2D eigenvalue weighted by atomic mass is 10.1. The number of hydrogen-bond acceptors (Lipinski definition) is 6. The van der Waals surface area contributed by atoms with E-state index in [-0.39, 0.29) is 23.3 Å². The van der Waals surface area contributed by atoms with E-state index in [9.17, 15) is 13.6 Å². The fourth-order valence-electron chi connectivity index (χ4n) is 3.18. The first kappa shape index (κ1) is 22.5. The number of thioether (sulfide) groups is 1. The molecule has 0 saturated heterocycles. The number of aryl methyl sites for hydroxylation is 1. The SMILES string of the molecule is CCc1cc2cc3c(cc2nc1SCC(=O)N=C1C=CC(=S(=O)(O)N(C)C)C=C1)OCO3. The van der Waals surface area contributed by atoms with Crippen molar-refractivity contribution < 1.29 is 23.0 Å². The standard InChI is InChI=1S/C22H23N3O5S2/c1-4-14-9-15-10-19-20(30-13-29-19)11-18(15)24-22(14)31-12-21(26)23-16-5-7-17(8-6-16)32(27,28)25(2)3/h5-11H,4,12-13H2,1-3H3,(H,27,28). The molecule has 2 aromatic rings. The largest absolute Gasteiger partial charge is 0.454 e. The summed E-state index contributed by atoms with van der Waals surface area (Å²) in [5.41, 5.74) is 2.26. The van der Waals surface area contributed by atoms with Gasteiger partial charge in [0.1, 0.15) is 5.03 Å². The summed E-state index contributed by atoms with van der Waals surface area (Å²) in [6.07, 6.45) is 6.91. The highest BCUT2D eigenvalue weighted by Gasteiger charge is 2.17. The number of rotatable bonds is 5. The molecule has 0 bridgehead atoms. The summed E-state index contributed by atoms with van der Waals surface area (Å²) < 4.78 is 34.4. The first-order chi connectivity index (χ1) is 15.3. The molecule has 4 rings (SSSR count). The maximum atomic E-state index is 12.4. The van der Waals surface area contributed by atoms with E-state index >= 15 is 0 Å². The lowest BCUT2D eigenvalue weighted by molar-refractivity contribution is -0.115. The van der Waals surface area contributed by atoms with E-state index in [0.29, 0.717) is 17.2 Å². The van der Waals surface area contributed by atoms with Crippen molar-refractivity contribution in [1.29, 1.82) is 0 Å². The molecule has 1 unspecified atom stereocenters. The van der Waals surface area contributed by atoms with Crippen LogP contribution in [0.25, 0.3) is 10.9 Å². The number of carbonyl (C=O) groups is 1. The van der Waals surface area contributed by atoms with Crippen LogP contribution in [0.2, 0.25) is 0 Å². The van der Waals surface area contributed by atoms with Gasteiger partial charge in [-0.2, -0.15) is 0 Å². The van der Waals surface area contributed by atoms with Gasteiger partial charge in [0.2, 0.25) is 6.79 Å². The van der Waals surface area contributed by atoms with Gasteiger partial charge in [0, 0.05) is 25.5 Å². The third-order valence-corrected chi connectivity index (χ3v) is 7.85. The maximum Gasteiger partial charge on any atom is 0.256 e. The number of ether oxygens (including phenoxy) is 2. The zero-order chi connectivity index (χ0) is 22.9. The molecular weight excluding hydrogens is 450 g/mol. The highest BCUT2D eigenvalue weighted by Crippen LogP contribution is 2.37. The number of aromatic nitrogens is 1. The number of nitrogens with zero attached hydrogens (tertiary/aromatic N) is 3. The number of benzene rings is 1. The van der Waals surface area contributed by atoms with Gasteiger partial charge in [0.25, 0.3) is 5.91 Å². The smallest absolute Gasteiger partial charge is 0.256 e. The van der Waals surface area contributed by atoms with Crippen molar-refractivity contribution in [2.45, 2.75) is 18.4 Å². The fraction of sp³-hybridized carbons (Fsp3) is 0.273. The van der Waals surface area contributed by atoms with E-state index < -0.39 is 9.99 Å². The second kappa shape index (κ2) is 9.07. The van der Waals surface area contributed by atoms with Crippen LogP contribution in [0, 0.1) is 0 Å². The first-order valence-corrected chi connectivity index (χ1v) is 12.4. The fourth-order valence-corrected chi connectivity index (χ4v) is 4.97. The van der Waals surface area contributed by atoms with E-state index in [0.717, 1.165) is 27.9 Å². The second-order valence-electron chi connectivity index (χ2n) is 7.30. The molecule has 2 heterocycles. The van der Waals surface area contributed by atoms with E-state index in [4.69, 9.17) is 14.5 Å². The molecule has 1 aromatic heterocycles. The summed E-state index contributed by atoms with van der Waals surface area (Å²) in [4.78, 5) is 21.5. The summed E-state index contributed by atoms with van der Waals surface area (Å²) >= 11 is 1.34. The number of amides is 1. The summed E-state index contributed by atoms with van der Waals surface area (Å²) in [7, 11) is -0.213. The Balaban J connectivity index is 1.49. The molecular formula is C22H23N3O5S2. The average Bonchev–Trinajstić information content (AvgIpc) is 3.23. The predicted octanol–water partition coefficient (Wildman–Crippen LogP) is 3.12. The quantitative estimate of drug-likeness (QED) is 0.526. The van der Waals surface area contributed by atoms with Gasteiger partial charge < -0.3 is 14.0 Å². The number of pyridine rings is 1. The Morgan fingerprint density at radius 3 is 2.53 bits per heavy atom. The van der Waals surface area contributed by atoms with E-state index in [2.05, 4.69) is 11.1 Å².